The molecule has 1 aliphatic heterocycles. The third kappa shape index (κ3) is 3.05. The highest BCUT2D eigenvalue weighted by atomic mass is 31.2. The van der Waals surface area contributed by atoms with Gasteiger partial charge in [0, 0.05) is 0 Å². The van der Waals surface area contributed by atoms with Crippen molar-refractivity contribution >= 4 is 19.0 Å². The lowest BCUT2D eigenvalue weighted by atomic mass is 10.1. The number of aromatic nitrogens is 4. The van der Waals surface area contributed by atoms with Gasteiger partial charge in [-0.1, -0.05) is 0 Å². The number of hydrogen-bond donors (Lipinski definition) is 5. The fourth-order valence-electron chi connectivity index (χ4n) is 2.32. The van der Waals surface area contributed by atoms with Gasteiger partial charge in [0.2, 0.25) is 0 Å². The highest BCUT2D eigenvalue weighted by molar-refractivity contribution is 7.46. The molecule has 4 atom stereocenters. The number of aliphatic hydroxyl groups is 2. The van der Waals surface area contributed by atoms with Gasteiger partial charge in [-0.3, -0.25) is 13.9 Å². The molecule has 0 radical (unpaired) electrons. The molecule has 0 amide bonds. The summed E-state index contributed by atoms with van der Waals surface area (Å²) in [4.78, 5) is 39.1. The monoisotopic (exact) mass is 348 g/mol. The van der Waals surface area contributed by atoms with E-state index in [9.17, 15) is 19.6 Å². The summed E-state index contributed by atoms with van der Waals surface area (Å²) in [5, 5.41) is 20.0. The normalized spacial score (nSPS) is 28.5. The minimum absolute atomic E-state index is 0.0210. The molecule has 0 aromatic carbocycles. The lowest BCUT2D eigenvalue weighted by Gasteiger charge is -2.16. The number of H-pyrrole nitrogens is 1. The van der Waals surface area contributed by atoms with Crippen LogP contribution in [0.5, 0.6) is 0 Å². The number of phosphoric ester groups is 1. The first-order valence-electron chi connectivity index (χ1n) is 6.40. The van der Waals surface area contributed by atoms with Gasteiger partial charge in [-0.25, -0.2) is 14.5 Å². The number of nitrogens with one attached hydrogen (secondary N) is 1. The average molecular weight is 348 g/mol. The van der Waals surface area contributed by atoms with E-state index in [4.69, 9.17) is 14.5 Å². The van der Waals surface area contributed by atoms with E-state index in [-0.39, 0.29) is 11.2 Å². The number of hydrogen-bond acceptors (Lipinski definition) is 8. The summed E-state index contributed by atoms with van der Waals surface area (Å²) >= 11 is 0. The van der Waals surface area contributed by atoms with Gasteiger partial charge in [0.1, 0.15) is 18.3 Å². The highest BCUT2D eigenvalue weighted by Gasteiger charge is 2.45. The first-order valence-corrected chi connectivity index (χ1v) is 7.93. The van der Waals surface area contributed by atoms with E-state index in [0.717, 1.165) is 6.33 Å². The molecule has 3 rings (SSSR count). The smallest absolute Gasteiger partial charge is 0.387 e. The van der Waals surface area contributed by atoms with E-state index in [0.29, 0.717) is 0 Å². The average Bonchev–Trinajstić information content (AvgIpc) is 3.01. The van der Waals surface area contributed by atoms with Crippen molar-refractivity contribution in [2.75, 3.05) is 6.61 Å². The van der Waals surface area contributed by atoms with Crippen LogP contribution in [0.1, 0.15) is 6.23 Å². The molecule has 1 aliphatic rings. The fourth-order valence-corrected chi connectivity index (χ4v) is 2.66. The molecule has 5 N–H and O–H groups in total. The van der Waals surface area contributed by atoms with Crippen LogP contribution < -0.4 is 5.56 Å². The third-order valence-electron chi connectivity index (χ3n) is 3.38. The van der Waals surface area contributed by atoms with Crippen molar-refractivity contribution in [2.24, 2.45) is 0 Å². The Labute approximate surface area is 127 Å². The zero-order valence-corrected chi connectivity index (χ0v) is 12.3. The number of rotatable bonds is 4. The van der Waals surface area contributed by atoms with Gasteiger partial charge in [0.05, 0.1) is 19.3 Å². The van der Waals surface area contributed by atoms with Crippen LogP contribution in [0, 0.1) is 0 Å². The minimum Gasteiger partial charge on any atom is -0.387 e. The Morgan fingerprint density at radius 3 is 2.78 bits per heavy atom. The molecule has 1 fully saturated rings. The maximum Gasteiger partial charge on any atom is 0.469 e. The second-order valence-electron chi connectivity index (χ2n) is 4.89. The van der Waals surface area contributed by atoms with Crippen LogP contribution >= 0.6 is 7.82 Å². The summed E-state index contributed by atoms with van der Waals surface area (Å²) in [6.45, 7) is -0.625. The first kappa shape index (κ1) is 16.2. The molecule has 13 heteroatoms. The molecule has 126 valence electrons. The zero-order valence-electron chi connectivity index (χ0n) is 11.4. The molecule has 3 heterocycles. The Balaban J connectivity index is 1.87. The van der Waals surface area contributed by atoms with Crippen molar-refractivity contribution < 1.29 is 33.8 Å². The molecular weight excluding hydrogens is 335 g/mol. The molecule has 1 saturated heterocycles. The largest absolute Gasteiger partial charge is 0.469 e. The Hall–Kier alpha value is -1.66. The van der Waals surface area contributed by atoms with Gasteiger partial charge < -0.3 is 29.7 Å². The number of nitrogens with zero attached hydrogens (tertiary/aromatic N) is 3. The fraction of sp³-hybridized carbons (Fsp3) is 0.500. The van der Waals surface area contributed by atoms with Gasteiger partial charge in [-0.15, -0.1) is 0 Å². The van der Waals surface area contributed by atoms with E-state index in [1.165, 1.54) is 10.9 Å². The quantitative estimate of drug-likeness (QED) is 0.382. The minimum atomic E-state index is -4.74. The molecule has 23 heavy (non-hydrogen) atoms. The van der Waals surface area contributed by atoms with Crippen molar-refractivity contribution in [1.29, 1.82) is 0 Å². The summed E-state index contributed by atoms with van der Waals surface area (Å²) in [6.07, 6.45) is -2.85. The van der Waals surface area contributed by atoms with Crippen LogP contribution in [0.15, 0.2) is 17.4 Å². The van der Waals surface area contributed by atoms with Crippen LogP contribution in [0.2, 0.25) is 0 Å². The lowest BCUT2D eigenvalue weighted by molar-refractivity contribution is -0.0504. The molecule has 0 spiro atoms. The van der Waals surface area contributed by atoms with Gasteiger partial charge >= 0.3 is 7.82 Å². The number of aliphatic hydroxyl groups excluding tert-OH is 2. The lowest BCUT2D eigenvalue weighted by Crippen LogP contribution is -2.33. The second kappa shape index (κ2) is 5.76. The van der Waals surface area contributed by atoms with Gasteiger partial charge in [0.25, 0.3) is 5.56 Å². The Morgan fingerprint density at radius 2 is 2.09 bits per heavy atom. The molecule has 0 aliphatic carbocycles. The maximum absolute atomic E-state index is 11.6. The number of phosphoric acid groups is 1. The van der Waals surface area contributed by atoms with E-state index in [1.54, 1.807) is 0 Å². The van der Waals surface area contributed by atoms with Crippen molar-refractivity contribution in [1.82, 2.24) is 19.5 Å². The predicted molar refractivity (Wildman–Crippen MR) is 72.1 cm³/mol. The SMILES string of the molecule is O=c1[nH]cnc2c1ncn2[C@H]1O[C@@H](COP(=O)(O)O)[C@H](O)[C@H]1O. The Kier molecular flexibility index (Phi) is 4.06. The molecule has 0 unspecified atom stereocenters. The van der Waals surface area contributed by atoms with Crippen molar-refractivity contribution in [3.05, 3.63) is 23.0 Å². The zero-order chi connectivity index (χ0) is 16.8. The first-order chi connectivity index (χ1) is 10.8. The number of aromatic amines is 1. The molecule has 2 aromatic heterocycles. The summed E-state index contributed by atoms with van der Waals surface area (Å²) in [7, 11) is -4.74. The van der Waals surface area contributed by atoms with Gasteiger partial charge in [-0.2, -0.15) is 0 Å². The molecule has 12 nitrogen and oxygen atoms in total. The highest BCUT2D eigenvalue weighted by Crippen LogP contribution is 2.38. The molecule has 0 saturated carbocycles. The van der Waals surface area contributed by atoms with Crippen LogP contribution in [0.4, 0.5) is 0 Å². The van der Waals surface area contributed by atoms with Crippen LogP contribution in [0.25, 0.3) is 11.2 Å². The van der Waals surface area contributed by atoms with Gasteiger partial charge in [-0.05, 0) is 0 Å². The van der Waals surface area contributed by atoms with Crippen molar-refractivity contribution in [3.8, 4) is 0 Å². The standard InChI is InChI=1S/C10H13N4O8P/c15-6-4(1-21-23(18,19)20)22-10(7(6)16)14-3-13-5-8(14)11-2-12-9(5)17/h2-4,6-7,10,15-16H,1H2,(H,11,12,17)(H2,18,19,20)/t4-,6-,7+,10-/m0/s1. The van der Waals surface area contributed by atoms with Crippen molar-refractivity contribution in [3.63, 3.8) is 0 Å². The van der Waals surface area contributed by atoms with E-state index in [1.807, 2.05) is 0 Å². The molecule has 0 bridgehead atoms. The maximum atomic E-state index is 11.6. The summed E-state index contributed by atoms with van der Waals surface area (Å²) in [5.41, 5.74) is -0.336. The number of fused-ring (bicyclic) bond motifs is 1. The topological polar surface area (TPSA) is 180 Å². The predicted octanol–water partition coefficient (Wildman–Crippen LogP) is -2.15. The van der Waals surface area contributed by atoms with Crippen LogP contribution in [-0.4, -0.2) is 64.4 Å². The molecular formula is C10H13N4O8P. The van der Waals surface area contributed by atoms with Gasteiger partial charge in [0.15, 0.2) is 17.4 Å². The van der Waals surface area contributed by atoms with E-state index >= 15 is 0 Å². The summed E-state index contributed by atoms with van der Waals surface area (Å²) in [5.74, 6) is 0. The molecule has 2 aromatic rings. The Bertz CT molecular complexity index is 815. The third-order valence-corrected chi connectivity index (χ3v) is 3.87. The number of imidazole rings is 1. The summed E-state index contributed by atoms with van der Waals surface area (Å²) < 4.78 is 21.6. The van der Waals surface area contributed by atoms with E-state index in [2.05, 4.69) is 19.5 Å². The van der Waals surface area contributed by atoms with Crippen molar-refractivity contribution in [2.45, 2.75) is 24.5 Å². The summed E-state index contributed by atoms with van der Waals surface area (Å²) in [6, 6.07) is 0. The second-order valence-corrected chi connectivity index (χ2v) is 6.13. The van der Waals surface area contributed by atoms with Crippen LogP contribution in [-0.2, 0) is 13.8 Å². The Morgan fingerprint density at radius 1 is 1.35 bits per heavy atom. The van der Waals surface area contributed by atoms with Crippen LogP contribution in [0.3, 0.4) is 0 Å². The number of ether oxygens (including phenoxy) is 1. The van der Waals surface area contributed by atoms with E-state index < -0.39 is 44.5 Å².